The van der Waals surface area contributed by atoms with Crippen LogP contribution in [0.4, 0.5) is 10.5 Å². The smallest absolute Gasteiger partial charge is 0.325 e. The van der Waals surface area contributed by atoms with Gasteiger partial charge in [-0.05, 0) is 25.5 Å². The van der Waals surface area contributed by atoms with Crippen LogP contribution >= 0.6 is 0 Å². The van der Waals surface area contributed by atoms with E-state index in [9.17, 15) is 9.59 Å². The summed E-state index contributed by atoms with van der Waals surface area (Å²) in [7, 11) is 0. The van der Waals surface area contributed by atoms with Gasteiger partial charge in [-0.25, -0.2) is 9.69 Å². The lowest BCUT2D eigenvalue weighted by atomic mass is 10.2. The van der Waals surface area contributed by atoms with Crippen molar-refractivity contribution in [3.63, 3.8) is 0 Å². The summed E-state index contributed by atoms with van der Waals surface area (Å²) in [5.41, 5.74) is 1.69. The van der Waals surface area contributed by atoms with Crippen LogP contribution in [0.25, 0.3) is 0 Å². The summed E-state index contributed by atoms with van der Waals surface area (Å²) in [6.45, 7) is 5.53. The van der Waals surface area contributed by atoms with E-state index in [0.29, 0.717) is 12.1 Å². The maximum absolute atomic E-state index is 12.0. The second kappa shape index (κ2) is 4.41. The summed E-state index contributed by atoms with van der Waals surface area (Å²) in [5.74, 6) is -0.223. The van der Waals surface area contributed by atoms with Gasteiger partial charge in [-0.15, -0.1) is 6.58 Å². The molecule has 1 fully saturated rings. The van der Waals surface area contributed by atoms with E-state index in [4.69, 9.17) is 0 Å². The van der Waals surface area contributed by atoms with Crippen LogP contribution < -0.4 is 10.2 Å². The molecule has 1 aromatic rings. The molecule has 3 amide bonds. The predicted octanol–water partition coefficient (Wildman–Crippen LogP) is 2.00. The Morgan fingerprint density at radius 1 is 1.35 bits per heavy atom. The molecule has 0 aromatic heterocycles. The Morgan fingerprint density at radius 2 is 2.00 bits per heavy atom. The molecule has 4 nitrogen and oxygen atoms in total. The SMILES string of the molecule is C=CCC1NC(=O)N(c2ccc(C)cc2)C1=O. The summed E-state index contributed by atoms with van der Waals surface area (Å²) in [5, 5.41) is 2.63. The van der Waals surface area contributed by atoms with Gasteiger partial charge >= 0.3 is 6.03 Å². The number of nitrogens with zero attached hydrogens (tertiary/aromatic N) is 1. The Morgan fingerprint density at radius 3 is 2.59 bits per heavy atom. The lowest BCUT2D eigenvalue weighted by Gasteiger charge is -2.12. The van der Waals surface area contributed by atoms with E-state index in [-0.39, 0.29) is 11.9 Å². The highest BCUT2D eigenvalue weighted by Gasteiger charge is 2.37. The van der Waals surface area contributed by atoms with Crippen molar-refractivity contribution >= 4 is 17.6 Å². The summed E-state index contributed by atoms with van der Waals surface area (Å²) in [6, 6.07) is 6.42. The van der Waals surface area contributed by atoms with Gasteiger partial charge in [-0.1, -0.05) is 23.8 Å². The summed E-state index contributed by atoms with van der Waals surface area (Å²) in [6.07, 6.45) is 2.08. The average molecular weight is 230 g/mol. The van der Waals surface area contributed by atoms with Crippen LogP contribution in [0.2, 0.25) is 0 Å². The summed E-state index contributed by atoms with van der Waals surface area (Å²) < 4.78 is 0. The van der Waals surface area contributed by atoms with E-state index in [1.165, 1.54) is 4.90 Å². The summed E-state index contributed by atoms with van der Waals surface area (Å²) in [4.78, 5) is 24.9. The largest absolute Gasteiger partial charge is 0.329 e. The van der Waals surface area contributed by atoms with E-state index in [1.807, 2.05) is 19.1 Å². The van der Waals surface area contributed by atoms with Crippen LogP contribution in [0.3, 0.4) is 0 Å². The Kier molecular flexibility index (Phi) is 2.95. The normalized spacial score (nSPS) is 19.4. The quantitative estimate of drug-likeness (QED) is 0.637. The van der Waals surface area contributed by atoms with E-state index < -0.39 is 6.04 Å². The highest BCUT2D eigenvalue weighted by molar-refractivity contribution is 6.21. The van der Waals surface area contributed by atoms with Gasteiger partial charge in [-0.2, -0.15) is 0 Å². The van der Waals surface area contributed by atoms with E-state index in [0.717, 1.165) is 5.56 Å². The highest BCUT2D eigenvalue weighted by atomic mass is 16.2. The van der Waals surface area contributed by atoms with Crippen LogP contribution in [0.1, 0.15) is 12.0 Å². The average Bonchev–Trinajstić information content (AvgIpc) is 2.57. The zero-order valence-electron chi connectivity index (χ0n) is 9.64. The van der Waals surface area contributed by atoms with Crippen LogP contribution in [0.15, 0.2) is 36.9 Å². The molecular weight excluding hydrogens is 216 g/mol. The molecule has 4 heteroatoms. The molecule has 1 aliphatic heterocycles. The summed E-state index contributed by atoms with van der Waals surface area (Å²) >= 11 is 0. The molecule has 0 radical (unpaired) electrons. The van der Waals surface area contributed by atoms with Gasteiger partial charge in [0.05, 0.1) is 5.69 Å². The molecule has 0 aliphatic carbocycles. The van der Waals surface area contributed by atoms with Crippen molar-refractivity contribution in [3.8, 4) is 0 Å². The lowest BCUT2D eigenvalue weighted by molar-refractivity contribution is -0.118. The van der Waals surface area contributed by atoms with Gasteiger partial charge in [0.15, 0.2) is 0 Å². The number of urea groups is 1. The molecule has 1 atom stereocenters. The number of hydrogen-bond donors (Lipinski definition) is 1. The number of anilines is 1. The number of benzene rings is 1. The highest BCUT2D eigenvalue weighted by Crippen LogP contribution is 2.20. The fourth-order valence-electron chi connectivity index (χ4n) is 1.80. The number of hydrogen-bond acceptors (Lipinski definition) is 2. The number of amides is 3. The van der Waals surface area contributed by atoms with Crippen LogP contribution in [-0.2, 0) is 4.79 Å². The van der Waals surface area contributed by atoms with Gasteiger partial charge in [0.1, 0.15) is 6.04 Å². The number of carbonyl (C=O) groups excluding carboxylic acids is 2. The molecule has 2 rings (SSSR count). The maximum Gasteiger partial charge on any atom is 0.329 e. The minimum atomic E-state index is -0.485. The first-order chi connectivity index (χ1) is 8.13. The first-order valence-electron chi connectivity index (χ1n) is 5.45. The Balaban J connectivity index is 2.27. The van der Waals surface area contributed by atoms with Crippen molar-refractivity contribution in [3.05, 3.63) is 42.5 Å². The first-order valence-corrected chi connectivity index (χ1v) is 5.45. The van der Waals surface area contributed by atoms with Crippen molar-refractivity contribution in [1.82, 2.24) is 5.32 Å². The topological polar surface area (TPSA) is 49.4 Å². The standard InChI is InChI=1S/C13H14N2O2/c1-3-4-11-12(16)15(13(17)14-11)10-7-5-9(2)6-8-10/h3,5-8,11H,1,4H2,2H3,(H,14,17). The number of nitrogens with one attached hydrogen (secondary N) is 1. The zero-order valence-corrected chi connectivity index (χ0v) is 9.64. The number of carbonyl (C=O) groups is 2. The van der Waals surface area contributed by atoms with E-state index >= 15 is 0 Å². The molecular formula is C13H14N2O2. The molecule has 1 saturated heterocycles. The second-order valence-corrected chi connectivity index (χ2v) is 4.04. The maximum atomic E-state index is 12.0. The van der Waals surface area contributed by atoms with E-state index in [1.54, 1.807) is 18.2 Å². The van der Waals surface area contributed by atoms with Gasteiger partial charge in [0.2, 0.25) is 0 Å². The first kappa shape index (κ1) is 11.4. The Labute approximate surface area is 99.9 Å². The van der Waals surface area contributed by atoms with Crippen molar-refractivity contribution in [2.24, 2.45) is 0 Å². The third-order valence-electron chi connectivity index (χ3n) is 2.71. The van der Waals surface area contributed by atoms with Crippen LogP contribution in [0.5, 0.6) is 0 Å². The molecule has 1 N–H and O–H groups in total. The monoisotopic (exact) mass is 230 g/mol. The van der Waals surface area contributed by atoms with E-state index in [2.05, 4.69) is 11.9 Å². The van der Waals surface area contributed by atoms with Crippen LogP contribution in [-0.4, -0.2) is 18.0 Å². The lowest BCUT2D eigenvalue weighted by Crippen LogP contribution is -2.31. The zero-order chi connectivity index (χ0) is 12.4. The van der Waals surface area contributed by atoms with Crippen molar-refractivity contribution in [2.75, 3.05) is 4.90 Å². The molecule has 17 heavy (non-hydrogen) atoms. The molecule has 1 heterocycles. The molecule has 1 aliphatic rings. The molecule has 1 aromatic carbocycles. The molecule has 0 bridgehead atoms. The Bertz CT molecular complexity index is 465. The fraction of sp³-hybridized carbons (Fsp3) is 0.231. The number of imide groups is 1. The van der Waals surface area contributed by atoms with Gasteiger partial charge in [0.25, 0.3) is 5.91 Å². The Hall–Kier alpha value is -2.10. The molecule has 0 spiro atoms. The number of aryl methyl sites for hydroxylation is 1. The molecule has 0 saturated carbocycles. The van der Waals surface area contributed by atoms with Crippen molar-refractivity contribution in [1.29, 1.82) is 0 Å². The minimum absolute atomic E-state index is 0.223. The number of rotatable bonds is 3. The van der Waals surface area contributed by atoms with Crippen molar-refractivity contribution < 1.29 is 9.59 Å². The second-order valence-electron chi connectivity index (χ2n) is 4.04. The third-order valence-corrected chi connectivity index (χ3v) is 2.71. The van der Waals surface area contributed by atoms with Crippen molar-refractivity contribution in [2.45, 2.75) is 19.4 Å². The van der Waals surface area contributed by atoms with Gasteiger partial charge < -0.3 is 5.32 Å². The van der Waals surface area contributed by atoms with Gasteiger partial charge in [0, 0.05) is 0 Å². The molecule has 88 valence electrons. The predicted molar refractivity (Wildman–Crippen MR) is 65.8 cm³/mol. The minimum Gasteiger partial charge on any atom is -0.325 e. The fourth-order valence-corrected chi connectivity index (χ4v) is 1.80. The third kappa shape index (κ3) is 2.06. The van der Waals surface area contributed by atoms with Crippen LogP contribution in [0, 0.1) is 6.92 Å². The van der Waals surface area contributed by atoms with Gasteiger partial charge in [-0.3, -0.25) is 4.79 Å². The molecule has 1 unspecified atom stereocenters.